The number of benzene rings is 1. The summed E-state index contributed by atoms with van der Waals surface area (Å²) in [6.07, 6.45) is 1.39. The summed E-state index contributed by atoms with van der Waals surface area (Å²) in [6, 6.07) is 9.44. The molecule has 1 saturated heterocycles. The lowest BCUT2D eigenvalue weighted by Crippen LogP contribution is -2.53. The normalized spacial score (nSPS) is 16.2. The summed E-state index contributed by atoms with van der Waals surface area (Å²) in [5.74, 6) is -1.11. The summed E-state index contributed by atoms with van der Waals surface area (Å²) in [4.78, 5) is 26.2. The van der Waals surface area contributed by atoms with Crippen molar-refractivity contribution in [2.45, 2.75) is 13.0 Å². The third-order valence-corrected chi connectivity index (χ3v) is 4.30. The molecule has 1 aromatic heterocycles. The molecule has 1 aliphatic heterocycles. The quantitative estimate of drug-likeness (QED) is 0.339. The molecule has 150 valence electrons. The molecule has 0 saturated carbocycles. The number of rotatable bonds is 6. The molecule has 9 heteroatoms. The number of halogens is 2. The fraction of sp³-hybridized carbons (Fsp3) is 0.150. The maximum absolute atomic E-state index is 13.0. The third-order valence-electron chi connectivity index (χ3n) is 3.98. The number of nitrogens with zero attached hydrogens (tertiary/aromatic N) is 2. The molecule has 2 aromatic rings. The number of carbonyl (C=O) groups excluding carboxylic acids is 2. The van der Waals surface area contributed by atoms with E-state index in [1.807, 2.05) is 0 Å². The number of hydrogen-bond donors (Lipinski definition) is 1. The number of hydrogen-bond acceptors (Lipinski definition) is 4. The highest BCUT2D eigenvalue weighted by molar-refractivity contribution is 7.80. The van der Waals surface area contributed by atoms with Crippen molar-refractivity contribution in [3.8, 4) is 11.4 Å². The monoisotopic (exact) mass is 417 g/mol. The van der Waals surface area contributed by atoms with Crippen molar-refractivity contribution < 1.29 is 23.1 Å². The summed E-state index contributed by atoms with van der Waals surface area (Å²) < 4.78 is 32.2. The molecule has 3 rings (SSSR count). The van der Waals surface area contributed by atoms with E-state index in [0.717, 1.165) is 0 Å². The minimum Gasteiger partial charge on any atom is -0.433 e. The van der Waals surface area contributed by atoms with Gasteiger partial charge < -0.3 is 9.30 Å². The number of amides is 2. The predicted molar refractivity (Wildman–Crippen MR) is 108 cm³/mol. The minimum absolute atomic E-state index is 0.0173. The summed E-state index contributed by atoms with van der Waals surface area (Å²) in [7, 11) is 0. The maximum atomic E-state index is 13.0. The van der Waals surface area contributed by atoms with Gasteiger partial charge in [-0.25, -0.2) is 0 Å². The number of thiocarbonyl (C=S) groups is 1. The van der Waals surface area contributed by atoms with Crippen molar-refractivity contribution in [2.75, 3.05) is 6.54 Å². The second-order valence-corrected chi connectivity index (χ2v) is 6.62. The Morgan fingerprint density at radius 2 is 1.93 bits per heavy atom. The van der Waals surface area contributed by atoms with E-state index in [2.05, 4.69) is 16.6 Å². The van der Waals surface area contributed by atoms with Gasteiger partial charge in [-0.1, -0.05) is 6.08 Å². The van der Waals surface area contributed by atoms with Gasteiger partial charge in [0.25, 0.3) is 11.8 Å². The Morgan fingerprint density at radius 1 is 1.24 bits per heavy atom. The van der Waals surface area contributed by atoms with Crippen LogP contribution in [0.5, 0.6) is 5.75 Å². The van der Waals surface area contributed by atoms with Crippen LogP contribution >= 0.6 is 12.2 Å². The fourth-order valence-corrected chi connectivity index (χ4v) is 3.02. The topological polar surface area (TPSA) is 63.6 Å². The molecule has 1 aliphatic rings. The Balaban J connectivity index is 1.92. The van der Waals surface area contributed by atoms with Crippen LogP contribution in [0.25, 0.3) is 11.8 Å². The Morgan fingerprint density at radius 3 is 2.55 bits per heavy atom. The largest absolute Gasteiger partial charge is 0.433 e. The second-order valence-electron chi connectivity index (χ2n) is 6.23. The molecule has 0 aliphatic carbocycles. The van der Waals surface area contributed by atoms with E-state index in [1.165, 1.54) is 29.2 Å². The average molecular weight is 417 g/mol. The molecule has 1 N–H and O–H groups in total. The van der Waals surface area contributed by atoms with Gasteiger partial charge in [0.2, 0.25) is 0 Å². The summed E-state index contributed by atoms with van der Waals surface area (Å²) in [5.41, 5.74) is 1.10. The van der Waals surface area contributed by atoms with Gasteiger partial charge in [-0.3, -0.25) is 19.8 Å². The van der Waals surface area contributed by atoms with Gasteiger partial charge >= 0.3 is 6.11 Å². The first-order valence-electron chi connectivity index (χ1n) is 8.54. The third kappa shape index (κ3) is 4.57. The zero-order chi connectivity index (χ0) is 21.2. The molecule has 1 aromatic carbocycles. The molecule has 0 spiro atoms. The van der Waals surface area contributed by atoms with Gasteiger partial charge in [-0.2, -0.15) is 8.78 Å². The van der Waals surface area contributed by atoms with Crippen molar-refractivity contribution in [3.63, 3.8) is 0 Å². The van der Waals surface area contributed by atoms with Crippen LogP contribution in [0.15, 0.2) is 60.8 Å². The van der Waals surface area contributed by atoms with E-state index in [0.29, 0.717) is 18.3 Å². The van der Waals surface area contributed by atoms with Crippen molar-refractivity contribution >= 4 is 35.2 Å². The van der Waals surface area contributed by atoms with Crippen molar-refractivity contribution in [1.82, 2.24) is 14.8 Å². The predicted octanol–water partition coefficient (Wildman–Crippen LogP) is 3.28. The van der Waals surface area contributed by atoms with Gasteiger partial charge in [0.05, 0.1) is 0 Å². The smallest absolute Gasteiger partial charge is 0.394 e. The average Bonchev–Trinajstić information content (AvgIpc) is 3.10. The number of alkyl halides is 2. The standard InChI is InChI=1S/C20H17F2N3O3S/c1-3-10-25-18(27)16(17(26)23-19(25)29)12-14-5-4-11-24(14)13-6-8-15(9-7-13)28-20(2,21)22/h3-9,11-12H,1,10H2,2H3,(H,23,26,29). The second kappa shape index (κ2) is 7.96. The Bertz CT molecular complexity index is 1010. The van der Waals surface area contributed by atoms with Crippen LogP contribution in [0.4, 0.5) is 8.78 Å². The fourth-order valence-electron chi connectivity index (χ4n) is 2.77. The Hall–Kier alpha value is -3.33. The molecule has 0 unspecified atom stereocenters. The van der Waals surface area contributed by atoms with Gasteiger partial charge in [0.15, 0.2) is 5.11 Å². The van der Waals surface area contributed by atoms with Crippen molar-refractivity contribution in [2.24, 2.45) is 0 Å². The van der Waals surface area contributed by atoms with E-state index in [9.17, 15) is 18.4 Å². The van der Waals surface area contributed by atoms with Crippen LogP contribution in [-0.2, 0) is 9.59 Å². The van der Waals surface area contributed by atoms with E-state index in [4.69, 9.17) is 12.2 Å². The van der Waals surface area contributed by atoms with Gasteiger partial charge in [-0.05, 0) is 54.7 Å². The van der Waals surface area contributed by atoms with Crippen LogP contribution in [0, 0.1) is 0 Å². The molecular formula is C20H17F2N3O3S. The van der Waals surface area contributed by atoms with E-state index in [-0.39, 0.29) is 23.0 Å². The zero-order valence-electron chi connectivity index (χ0n) is 15.4. The maximum Gasteiger partial charge on any atom is 0.394 e. The molecular weight excluding hydrogens is 400 g/mol. The molecule has 29 heavy (non-hydrogen) atoms. The van der Waals surface area contributed by atoms with E-state index < -0.39 is 17.9 Å². The number of nitrogens with one attached hydrogen (secondary N) is 1. The number of carbonyl (C=O) groups is 2. The van der Waals surface area contributed by atoms with E-state index in [1.54, 1.807) is 35.0 Å². The highest BCUT2D eigenvalue weighted by Crippen LogP contribution is 2.24. The Kier molecular flexibility index (Phi) is 5.60. The highest BCUT2D eigenvalue weighted by Gasteiger charge is 2.32. The molecule has 2 amide bonds. The van der Waals surface area contributed by atoms with Crippen LogP contribution < -0.4 is 10.1 Å². The number of ether oxygens (including phenoxy) is 1. The van der Waals surface area contributed by atoms with Crippen LogP contribution in [0.3, 0.4) is 0 Å². The lowest BCUT2D eigenvalue weighted by atomic mass is 10.1. The summed E-state index contributed by atoms with van der Waals surface area (Å²) in [6.45, 7) is 4.40. The van der Waals surface area contributed by atoms with Crippen LogP contribution in [-0.4, -0.2) is 39.0 Å². The summed E-state index contributed by atoms with van der Waals surface area (Å²) in [5, 5.41) is 2.50. The molecule has 0 bridgehead atoms. The first kappa shape index (κ1) is 20.4. The zero-order valence-corrected chi connectivity index (χ0v) is 16.2. The minimum atomic E-state index is -3.28. The molecule has 0 radical (unpaired) electrons. The lowest BCUT2D eigenvalue weighted by Gasteiger charge is -2.27. The van der Waals surface area contributed by atoms with Crippen LogP contribution in [0.2, 0.25) is 0 Å². The van der Waals surface area contributed by atoms with Crippen molar-refractivity contribution in [1.29, 1.82) is 0 Å². The van der Waals surface area contributed by atoms with Crippen LogP contribution in [0.1, 0.15) is 12.6 Å². The van der Waals surface area contributed by atoms with Gasteiger partial charge in [0, 0.05) is 31.0 Å². The SMILES string of the molecule is C=CCN1C(=O)C(=Cc2cccn2-c2ccc(OC(C)(F)F)cc2)C(=O)NC1=S. The molecule has 2 heterocycles. The van der Waals surface area contributed by atoms with Crippen molar-refractivity contribution in [3.05, 3.63) is 66.5 Å². The molecule has 0 atom stereocenters. The Labute approximate surface area is 171 Å². The van der Waals surface area contributed by atoms with Gasteiger partial charge in [-0.15, -0.1) is 6.58 Å². The first-order chi connectivity index (χ1) is 13.7. The molecule has 6 nitrogen and oxygen atoms in total. The van der Waals surface area contributed by atoms with Gasteiger partial charge in [0.1, 0.15) is 11.3 Å². The summed E-state index contributed by atoms with van der Waals surface area (Å²) >= 11 is 5.03. The first-order valence-corrected chi connectivity index (χ1v) is 8.95. The lowest BCUT2D eigenvalue weighted by molar-refractivity contribution is -0.159. The van der Waals surface area contributed by atoms with E-state index >= 15 is 0 Å². The number of aromatic nitrogens is 1. The molecule has 1 fully saturated rings. The highest BCUT2D eigenvalue weighted by atomic mass is 32.1.